The second-order valence-electron chi connectivity index (χ2n) is 3.74. The summed E-state index contributed by atoms with van der Waals surface area (Å²) in [5.41, 5.74) is 2.30. The molecule has 3 rings (SSSR count). The molecule has 2 aromatic carbocycles. The van der Waals surface area contributed by atoms with Crippen LogP contribution in [0.5, 0.6) is 5.75 Å². The van der Waals surface area contributed by atoms with Crippen LogP contribution >= 0.6 is 11.8 Å². The fraction of sp³-hybridized carbons (Fsp3) is 0.0769. The fourth-order valence-corrected chi connectivity index (χ4v) is 2.84. The van der Waals surface area contributed by atoms with E-state index in [0.717, 1.165) is 17.1 Å². The fourth-order valence-electron chi connectivity index (χ4n) is 1.80. The molecule has 2 nitrogen and oxygen atoms in total. The minimum absolute atomic E-state index is 0.304. The second-order valence-corrected chi connectivity index (χ2v) is 4.83. The van der Waals surface area contributed by atoms with Crippen LogP contribution in [0, 0.1) is 0 Å². The predicted molar refractivity (Wildman–Crippen MR) is 66.0 cm³/mol. The van der Waals surface area contributed by atoms with E-state index in [1.807, 2.05) is 6.07 Å². The van der Waals surface area contributed by atoms with Crippen LogP contribution < -0.4 is 5.32 Å². The Morgan fingerprint density at radius 1 is 1.06 bits per heavy atom. The summed E-state index contributed by atoms with van der Waals surface area (Å²) in [5.74, 6) is 0.304. The van der Waals surface area contributed by atoms with Gasteiger partial charge in [0.1, 0.15) is 5.75 Å². The van der Waals surface area contributed by atoms with Gasteiger partial charge in [-0.3, -0.25) is 0 Å². The number of hydrogen-bond acceptors (Lipinski definition) is 3. The molecule has 16 heavy (non-hydrogen) atoms. The zero-order chi connectivity index (χ0) is 11.0. The molecule has 2 aromatic rings. The third-order valence-corrected chi connectivity index (χ3v) is 3.82. The van der Waals surface area contributed by atoms with Gasteiger partial charge in [0.2, 0.25) is 0 Å². The topological polar surface area (TPSA) is 32.3 Å². The lowest BCUT2D eigenvalue weighted by Gasteiger charge is -2.06. The summed E-state index contributed by atoms with van der Waals surface area (Å²) >= 11 is 1.74. The summed E-state index contributed by atoms with van der Waals surface area (Å²) in [6.07, 6.45) is 0. The van der Waals surface area contributed by atoms with E-state index in [2.05, 4.69) is 29.6 Å². The molecule has 1 aliphatic heterocycles. The summed E-state index contributed by atoms with van der Waals surface area (Å²) in [6, 6.07) is 13.8. The number of nitrogens with one attached hydrogen (secondary N) is 1. The quantitative estimate of drug-likeness (QED) is 0.725. The maximum Gasteiger partial charge on any atom is 0.117 e. The number of hydrogen-bond donors (Lipinski definition) is 2. The zero-order valence-electron chi connectivity index (χ0n) is 8.60. The molecule has 0 radical (unpaired) electrons. The molecule has 80 valence electrons. The summed E-state index contributed by atoms with van der Waals surface area (Å²) < 4.78 is 0. The average Bonchev–Trinajstić information content (AvgIpc) is 2.48. The zero-order valence-corrected chi connectivity index (χ0v) is 9.42. The smallest absolute Gasteiger partial charge is 0.117 e. The number of benzene rings is 2. The molecule has 0 atom stereocenters. The Kier molecular flexibility index (Phi) is 2.26. The van der Waals surface area contributed by atoms with E-state index in [1.54, 1.807) is 23.9 Å². The summed E-state index contributed by atoms with van der Waals surface area (Å²) in [4.78, 5) is 2.43. The first-order valence-electron chi connectivity index (χ1n) is 5.15. The maximum absolute atomic E-state index is 9.45. The standard InChI is InChI=1S/C13H11NOS/c15-10-5-6-13-11(7-10)14-8-9-3-1-2-4-12(9)16-13/h1-7,14-15H,8H2. The first-order chi connectivity index (χ1) is 7.83. The maximum atomic E-state index is 9.45. The molecule has 0 saturated carbocycles. The van der Waals surface area contributed by atoms with Crippen LogP contribution in [0.4, 0.5) is 5.69 Å². The van der Waals surface area contributed by atoms with Crippen molar-refractivity contribution in [3.63, 3.8) is 0 Å². The molecule has 2 N–H and O–H groups in total. The highest BCUT2D eigenvalue weighted by Crippen LogP contribution is 2.39. The van der Waals surface area contributed by atoms with Crippen molar-refractivity contribution >= 4 is 17.4 Å². The van der Waals surface area contributed by atoms with Crippen molar-refractivity contribution in [3.8, 4) is 5.75 Å². The molecule has 0 bridgehead atoms. The first-order valence-corrected chi connectivity index (χ1v) is 5.97. The molecular formula is C13H11NOS. The highest BCUT2D eigenvalue weighted by molar-refractivity contribution is 7.99. The van der Waals surface area contributed by atoms with Crippen molar-refractivity contribution in [2.75, 3.05) is 5.32 Å². The molecule has 0 aliphatic carbocycles. The number of rotatable bonds is 0. The molecule has 3 heteroatoms. The normalized spacial score (nSPS) is 13.2. The first kappa shape index (κ1) is 9.60. The van der Waals surface area contributed by atoms with Gasteiger partial charge >= 0.3 is 0 Å². The monoisotopic (exact) mass is 229 g/mol. The van der Waals surface area contributed by atoms with Crippen molar-refractivity contribution in [1.82, 2.24) is 0 Å². The molecule has 0 fully saturated rings. The Labute approximate surface area is 98.3 Å². The van der Waals surface area contributed by atoms with Gasteiger partial charge in [0.15, 0.2) is 0 Å². The minimum Gasteiger partial charge on any atom is -0.508 e. The molecular weight excluding hydrogens is 218 g/mol. The van der Waals surface area contributed by atoms with Gasteiger partial charge < -0.3 is 10.4 Å². The Balaban J connectivity index is 2.08. The van der Waals surface area contributed by atoms with E-state index in [0.29, 0.717) is 5.75 Å². The van der Waals surface area contributed by atoms with Crippen molar-refractivity contribution < 1.29 is 5.11 Å². The lowest BCUT2D eigenvalue weighted by molar-refractivity contribution is 0.475. The van der Waals surface area contributed by atoms with E-state index in [1.165, 1.54) is 10.5 Å². The Bertz CT molecular complexity index is 539. The third kappa shape index (κ3) is 1.63. The van der Waals surface area contributed by atoms with Crippen LogP contribution in [0.2, 0.25) is 0 Å². The highest BCUT2D eigenvalue weighted by atomic mass is 32.2. The molecule has 1 aliphatic rings. The molecule has 1 heterocycles. The Hall–Kier alpha value is -1.61. The SMILES string of the molecule is Oc1ccc2c(c1)NCc1ccccc1S2. The number of phenolic OH excluding ortho intramolecular Hbond substituents is 1. The minimum atomic E-state index is 0.304. The summed E-state index contributed by atoms with van der Waals surface area (Å²) in [7, 11) is 0. The van der Waals surface area contributed by atoms with Gasteiger partial charge in [0.25, 0.3) is 0 Å². The van der Waals surface area contributed by atoms with Crippen molar-refractivity contribution in [2.24, 2.45) is 0 Å². The number of anilines is 1. The van der Waals surface area contributed by atoms with Crippen LogP contribution in [0.15, 0.2) is 52.3 Å². The van der Waals surface area contributed by atoms with Gasteiger partial charge in [-0.15, -0.1) is 0 Å². The van der Waals surface area contributed by atoms with Gasteiger partial charge in [0.05, 0.1) is 5.69 Å². The molecule has 0 amide bonds. The molecule has 0 spiro atoms. The van der Waals surface area contributed by atoms with Crippen molar-refractivity contribution in [3.05, 3.63) is 48.0 Å². The number of phenols is 1. The Morgan fingerprint density at radius 2 is 1.94 bits per heavy atom. The third-order valence-electron chi connectivity index (χ3n) is 2.62. The van der Waals surface area contributed by atoms with Crippen LogP contribution in [-0.2, 0) is 6.54 Å². The predicted octanol–water partition coefficient (Wildman–Crippen LogP) is 3.47. The Morgan fingerprint density at radius 3 is 2.88 bits per heavy atom. The second kappa shape index (κ2) is 3.76. The van der Waals surface area contributed by atoms with E-state index in [-0.39, 0.29) is 0 Å². The van der Waals surface area contributed by atoms with Gasteiger partial charge in [-0.05, 0) is 23.8 Å². The van der Waals surface area contributed by atoms with Crippen molar-refractivity contribution in [1.29, 1.82) is 0 Å². The largest absolute Gasteiger partial charge is 0.508 e. The van der Waals surface area contributed by atoms with Gasteiger partial charge in [0, 0.05) is 22.4 Å². The number of fused-ring (bicyclic) bond motifs is 2. The summed E-state index contributed by atoms with van der Waals surface area (Å²) in [5, 5.41) is 12.8. The lowest BCUT2D eigenvalue weighted by Crippen LogP contribution is -1.98. The molecule has 0 aromatic heterocycles. The highest BCUT2D eigenvalue weighted by Gasteiger charge is 2.12. The van der Waals surface area contributed by atoms with Crippen LogP contribution in [0.1, 0.15) is 5.56 Å². The van der Waals surface area contributed by atoms with E-state index in [4.69, 9.17) is 0 Å². The van der Waals surface area contributed by atoms with E-state index < -0.39 is 0 Å². The van der Waals surface area contributed by atoms with E-state index in [9.17, 15) is 5.11 Å². The van der Waals surface area contributed by atoms with E-state index >= 15 is 0 Å². The summed E-state index contributed by atoms with van der Waals surface area (Å²) in [6.45, 7) is 0.805. The average molecular weight is 229 g/mol. The van der Waals surface area contributed by atoms with Crippen molar-refractivity contribution in [2.45, 2.75) is 16.3 Å². The molecule has 0 unspecified atom stereocenters. The van der Waals surface area contributed by atoms with Crippen LogP contribution in [0.3, 0.4) is 0 Å². The lowest BCUT2D eigenvalue weighted by atomic mass is 10.2. The van der Waals surface area contributed by atoms with Crippen LogP contribution in [-0.4, -0.2) is 5.11 Å². The van der Waals surface area contributed by atoms with Gasteiger partial charge in [-0.2, -0.15) is 0 Å². The number of aromatic hydroxyl groups is 1. The van der Waals surface area contributed by atoms with Crippen LogP contribution in [0.25, 0.3) is 0 Å². The van der Waals surface area contributed by atoms with Gasteiger partial charge in [-0.1, -0.05) is 30.0 Å². The van der Waals surface area contributed by atoms with Gasteiger partial charge in [-0.25, -0.2) is 0 Å². The molecule has 0 saturated heterocycles.